The number of nitrogens with zero attached hydrogens (tertiary/aromatic N) is 2. The lowest BCUT2D eigenvalue weighted by molar-refractivity contribution is 0.374. The zero-order valence-electron chi connectivity index (χ0n) is 10.6. The Kier molecular flexibility index (Phi) is 2.75. The molecule has 16 heavy (non-hydrogen) atoms. The van der Waals surface area contributed by atoms with Crippen molar-refractivity contribution in [2.45, 2.75) is 45.8 Å². The first kappa shape index (κ1) is 11.2. The standard InChI is InChI=1S/C14H20N2/c1-11-13-8-6-5-7-12(13)9-16(11)10-15-14(2,3)4/h5-8,10-11H,9H2,1-4H3. The lowest BCUT2D eigenvalue weighted by atomic mass is 10.1. The van der Waals surface area contributed by atoms with Gasteiger partial charge in [-0.25, -0.2) is 0 Å². The second-order valence-corrected chi connectivity index (χ2v) is 5.46. The summed E-state index contributed by atoms with van der Waals surface area (Å²) in [6.45, 7) is 9.59. The molecule has 0 spiro atoms. The lowest BCUT2D eigenvalue weighted by Gasteiger charge is -2.21. The third-order valence-electron chi connectivity index (χ3n) is 2.95. The molecule has 1 atom stereocenters. The summed E-state index contributed by atoms with van der Waals surface area (Å²) >= 11 is 0. The van der Waals surface area contributed by atoms with Gasteiger partial charge in [-0.3, -0.25) is 4.99 Å². The lowest BCUT2D eigenvalue weighted by Crippen LogP contribution is -2.21. The maximum Gasteiger partial charge on any atom is 0.0864 e. The van der Waals surface area contributed by atoms with Crippen LogP contribution in [0.2, 0.25) is 0 Å². The van der Waals surface area contributed by atoms with Crippen molar-refractivity contribution >= 4 is 6.34 Å². The third-order valence-corrected chi connectivity index (χ3v) is 2.95. The largest absolute Gasteiger partial charge is 0.352 e. The Morgan fingerprint density at radius 2 is 2.00 bits per heavy atom. The second-order valence-electron chi connectivity index (χ2n) is 5.46. The molecule has 0 N–H and O–H groups in total. The quantitative estimate of drug-likeness (QED) is 0.519. The van der Waals surface area contributed by atoms with Gasteiger partial charge in [-0.05, 0) is 38.8 Å². The SMILES string of the molecule is CC1c2ccccc2CN1C=NC(C)(C)C. The van der Waals surface area contributed by atoms with Crippen LogP contribution >= 0.6 is 0 Å². The number of fused-ring (bicyclic) bond motifs is 1. The van der Waals surface area contributed by atoms with Crippen LogP contribution in [0.15, 0.2) is 29.3 Å². The van der Waals surface area contributed by atoms with Gasteiger partial charge in [0, 0.05) is 6.54 Å². The van der Waals surface area contributed by atoms with Crippen molar-refractivity contribution in [2.24, 2.45) is 4.99 Å². The van der Waals surface area contributed by atoms with Crippen LogP contribution in [0.3, 0.4) is 0 Å². The Bertz CT molecular complexity index is 401. The number of hydrogen-bond donors (Lipinski definition) is 0. The average Bonchev–Trinajstić information content (AvgIpc) is 2.53. The van der Waals surface area contributed by atoms with Crippen molar-refractivity contribution in [1.29, 1.82) is 0 Å². The van der Waals surface area contributed by atoms with Crippen LogP contribution in [0.5, 0.6) is 0 Å². The van der Waals surface area contributed by atoms with Gasteiger partial charge in [0.25, 0.3) is 0 Å². The maximum atomic E-state index is 4.57. The van der Waals surface area contributed by atoms with Crippen LogP contribution in [0, 0.1) is 0 Å². The first-order valence-electron chi connectivity index (χ1n) is 5.86. The summed E-state index contributed by atoms with van der Waals surface area (Å²) in [5.74, 6) is 0. The molecule has 0 aromatic heterocycles. The average molecular weight is 216 g/mol. The minimum atomic E-state index is 0.00843. The van der Waals surface area contributed by atoms with Gasteiger partial charge in [0.05, 0.1) is 17.9 Å². The topological polar surface area (TPSA) is 15.6 Å². The molecule has 0 saturated heterocycles. The van der Waals surface area contributed by atoms with E-state index in [1.165, 1.54) is 11.1 Å². The van der Waals surface area contributed by atoms with Gasteiger partial charge in [0.15, 0.2) is 0 Å². The summed E-state index contributed by atoms with van der Waals surface area (Å²) in [5, 5.41) is 0. The van der Waals surface area contributed by atoms with Crippen LogP contribution in [0.4, 0.5) is 0 Å². The minimum absolute atomic E-state index is 0.00843. The monoisotopic (exact) mass is 216 g/mol. The molecule has 1 heterocycles. The molecular weight excluding hydrogens is 196 g/mol. The van der Waals surface area contributed by atoms with Gasteiger partial charge in [-0.1, -0.05) is 24.3 Å². The van der Waals surface area contributed by atoms with Gasteiger partial charge in [-0.15, -0.1) is 0 Å². The fourth-order valence-electron chi connectivity index (χ4n) is 1.99. The molecule has 0 aliphatic carbocycles. The highest BCUT2D eigenvalue weighted by Crippen LogP contribution is 2.31. The van der Waals surface area contributed by atoms with Crippen molar-refractivity contribution in [3.63, 3.8) is 0 Å². The molecule has 1 unspecified atom stereocenters. The van der Waals surface area contributed by atoms with Crippen LogP contribution in [0.25, 0.3) is 0 Å². The van der Waals surface area contributed by atoms with Crippen LogP contribution in [0.1, 0.15) is 44.9 Å². The molecule has 0 amide bonds. The first-order chi connectivity index (χ1) is 7.47. The highest BCUT2D eigenvalue weighted by molar-refractivity contribution is 5.59. The number of rotatable bonds is 1. The van der Waals surface area contributed by atoms with Crippen molar-refractivity contribution in [1.82, 2.24) is 4.90 Å². The van der Waals surface area contributed by atoms with Crippen LogP contribution in [-0.2, 0) is 6.54 Å². The summed E-state index contributed by atoms with van der Waals surface area (Å²) in [6, 6.07) is 9.08. The minimum Gasteiger partial charge on any atom is -0.352 e. The Morgan fingerprint density at radius 3 is 2.62 bits per heavy atom. The molecule has 1 aliphatic rings. The Labute approximate surface area is 98.0 Å². The molecule has 86 valence electrons. The van der Waals surface area contributed by atoms with Crippen LogP contribution in [-0.4, -0.2) is 16.8 Å². The van der Waals surface area contributed by atoms with Crippen molar-refractivity contribution in [3.8, 4) is 0 Å². The van der Waals surface area contributed by atoms with Crippen LogP contribution < -0.4 is 0 Å². The van der Waals surface area contributed by atoms with Crippen molar-refractivity contribution < 1.29 is 0 Å². The zero-order valence-corrected chi connectivity index (χ0v) is 10.6. The predicted molar refractivity (Wildman–Crippen MR) is 68.6 cm³/mol. The summed E-state index contributed by atoms with van der Waals surface area (Å²) in [4.78, 5) is 6.87. The normalized spacial score (nSPS) is 20.5. The first-order valence-corrected chi connectivity index (χ1v) is 5.86. The summed E-state index contributed by atoms with van der Waals surface area (Å²) in [7, 11) is 0. The molecule has 1 aliphatic heterocycles. The summed E-state index contributed by atoms with van der Waals surface area (Å²) < 4.78 is 0. The molecule has 2 rings (SSSR count). The summed E-state index contributed by atoms with van der Waals surface area (Å²) in [6.07, 6.45) is 2.00. The van der Waals surface area contributed by atoms with E-state index in [4.69, 9.17) is 0 Å². The van der Waals surface area contributed by atoms with Gasteiger partial charge in [-0.2, -0.15) is 0 Å². The number of hydrogen-bond acceptors (Lipinski definition) is 1. The predicted octanol–water partition coefficient (Wildman–Crippen LogP) is 3.39. The molecule has 1 aromatic rings. The molecule has 2 nitrogen and oxygen atoms in total. The third kappa shape index (κ3) is 2.26. The maximum absolute atomic E-state index is 4.57. The molecule has 1 aromatic carbocycles. The zero-order chi connectivity index (χ0) is 11.8. The van der Waals surface area contributed by atoms with E-state index >= 15 is 0 Å². The van der Waals surface area contributed by atoms with E-state index in [2.05, 4.69) is 61.9 Å². The van der Waals surface area contributed by atoms with E-state index in [0.29, 0.717) is 6.04 Å². The Balaban J connectivity index is 2.16. The van der Waals surface area contributed by atoms with E-state index in [-0.39, 0.29) is 5.54 Å². The molecule has 0 bridgehead atoms. The van der Waals surface area contributed by atoms with Crippen molar-refractivity contribution in [3.05, 3.63) is 35.4 Å². The van der Waals surface area contributed by atoms with E-state index in [1.807, 2.05) is 6.34 Å². The van der Waals surface area contributed by atoms with E-state index in [0.717, 1.165) is 6.54 Å². The van der Waals surface area contributed by atoms with Gasteiger partial charge in [0.1, 0.15) is 0 Å². The van der Waals surface area contributed by atoms with Gasteiger partial charge >= 0.3 is 0 Å². The second kappa shape index (κ2) is 3.93. The van der Waals surface area contributed by atoms with Gasteiger partial charge in [0.2, 0.25) is 0 Å². The summed E-state index contributed by atoms with van der Waals surface area (Å²) in [5.41, 5.74) is 2.87. The highest BCUT2D eigenvalue weighted by atomic mass is 15.2. The number of benzene rings is 1. The highest BCUT2D eigenvalue weighted by Gasteiger charge is 2.24. The Hall–Kier alpha value is -1.31. The molecule has 0 radical (unpaired) electrons. The van der Waals surface area contributed by atoms with Gasteiger partial charge < -0.3 is 4.90 Å². The van der Waals surface area contributed by atoms with E-state index in [9.17, 15) is 0 Å². The van der Waals surface area contributed by atoms with E-state index in [1.54, 1.807) is 0 Å². The number of aliphatic imine (C=N–C) groups is 1. The fraction of sp³-hybridized carbons (Fsp3) is 0.500. The Morgan fingerprint density at radius 1 is 1.31 bits per heavy atom. The fourth-order valence-corrected chi connectivity index (χ4v) is 1.99. The van der Waals surface area contributed by atoms with E-state index < -0.39 is 0 Å². The molecule has 0 saturated carbocycles. The molecule has 2 heteroatoms. The molecular formula is C14H20N2. The molecule has 0 fully saturated rings. The van der Waals surface area contributed by atoms with Crippen molar-refractivity contribution in [2.75, 3.05) is 0 Å². The smallest absolute Gasteiger partial charge is 0.0864 e.